The molecule has 0 radical (unpaired) electrons. The van der Waals surface area contributed by atoms with E-state index in [0.29, 0.717) is 6.42 Å². The molecule has 0 aliphatic carbocycles. The number of nitrogens with zero attached hydrogens (tertiary/aromatic N) is 2. The second kappa shape index (κ2) is 4.49. The number of allylic oxidation sites excluding steroid dienone is 1. The zero-order valence-corrected chi connectivity index (χ0v) is 9.69. The Balaban J connectivity index is 1.86. The Bertz CT molecular complexity index is 587. The number of ketones is 1. The number of ether oxygens (including phenoxy) is 1. The van der Waals surface area contributed by atoms with Crippen molar-refractivity contribution >= 4 is 5.78 Å². The molecule has 18 heavy (non-hydrogen) atoms. The minimum atomic E-state index is -0.222. The molecule has 2 heterocycles. The summed E-state index contributed by atoms with van der Waals surface area (Å²) in [5.74, 6) is 0.0821. The summed E-state index contributed by atoms with van der Waals surface area (Å²) in [5, 5.41) is 4.29. The topological polar surface area (TPSA) is 44.1 Å². The number of rotatable bonds is 2. The third-order valence-corrected chi connectivity index (χ3v) is 2.88. The number of benzene rings is 1. The normalized spacial score (nSPS) is 18.7. The molecule has 1 aliphatic rings. The average Bonchev–Trinajstić information content (AvgIpc) is 2.89. The van der Waals surface area contributed by atoms with Gasteiger partial charge in [-0.1, -0.05) is 18.2 Å². The van der Waals surface area contributed by atoms with Gasteiger partial charge < -0.3 is 4.74 Å². The van der Waals surface area contributed by atoms with Crippen LogP contribution in [0.15, 0.2) is 55.1 Å². The Labute approximate surface area is 105 Å². The molecule has 90 valence electrons. The summed E-state index contributed by atoms with van der Waals surface area (Å²) in [6, 6.07) is 9.83. The lowest BCUT2D eigenvalue weighted by Crippen LogP contribution is -2.10. The van der Waals surface area contributed by atoms with Gasteiger partial charge in [0.15, 0.2) is 5.78 Å². The standard InChI is InChI=1S/C14H12N2O2/c17-13-6-7-18-14(8-13)11-9-15-16(10-11)12-4-2-1-3-5-12/h1-7,9-10,14H,8H2. The molecular weight excluding hydrogens is 228 g/mol. The first-order valence-corrected chi connectivity index (χ1v) is 5.78. The molecule has 2 aromatic rings. The Hall–Kier alpha value is -2.36. The van der Waals surface area contributed by atoms with E-state index in [1.807, 2.05) is 36.5 Å². The molecule has 1 unspecified atom stereocenters. The van der Waals surface area contributed by atoms with Crippen molar-refractivity contribution in [1.29, 1.82) is 0 Å². The molecule has 0 fully saturated rings. The van der Waals surface area contributed by atoms with E-state index in [9.17, 15) is 4.79 Å². The molecule has 0 saturated carbocycles. The molecule has 4 nitrogen and oxygen atoms in total. The third-order valence-electron chi connectivity index (χ3n) is 2.88. The van der Waals surface area contributed by atoms with Gasteiger partial charge in [0, 0.05) is 17.8 Å². The highest BCUT2D eigenvalue weighted by Gasteiger charge is 2.20. The highest BCUT2D eigenvalue weighted by Crippen LogP contribution is 2.25. The molecule has 0 saturated heterocycles. The van der Waals surface area contributed by atoms with Crippen molar-refractivity contribution in [3.8, 4) is 5.69 Å². The Morgan fingerprint density at radius 3 is 2.89 bits per heavy atom. The lowest BCUT2D eigenvalue weighted by atomic mass is 10.1. The monoisotopic (exact) mass is 240 g/mol. The van der Waals surface area contributed by atoms with Crippen LogP contribution in [0.2, 0.25) is 0 Å². The molecule has 0 bridgehead atoms. The van der Waals surface area contributed by atoms with E-state index in [1.54, 1.807) is 10.9 Å². The van der Waals surface area contributed by atoms with Crippen LogP contribution in [0.4, 0.5) is 0 Å². The van der Waals surface area contributed by atoms with Gasteiger partial charge in [0.05, 0.1) is 24.6 Å². The van der Waals surface area contributed by atoms with Crippen LogP contribution in [0.1, 0.15) is 18.1 Å². The number of hydrogen-bond acceptors (Lipinski definition) is 3. The molecule has 0 amide bonds. The van der Waals surface area contributed by atoms with E-state index in [1.165, 1.54) is 12.3 Å². The van der Waals surface area contributed by atoms with E-state index >= 15 is 0 Å². The fraction of sp³-hybridized carbons (Fsp3) is 0.143. The molecule has 4 heteroatoms. The van der Waals surface area contributed by atoms with Crippen molar-refractivity contribution in [1.82, 2.24) is 9.78 Å². The minimum Gasteiger partial charge on any atom is -0.493 e. The van der Waals surface area contributed by atoms with Gasteiger partial charge in [-0.15, -0.1) is 0 Å². The van der Waals surface area contributed by atoms with Crippen LogP contribution < -0.4 is 0 Å². The lowest BCUT2D eigenvalue weighted by molar-refractivity contribution is -0.118. The van der Waals surface area contributed by atoms with Crippen LogP contribution in [0.25, 0.3) is 5.69 Å². The lowest BCUT2D eigenvalue weighted by Gasteiger charge is -2.16. The quantitative estimate of drug-likeness (QED) is 0.809. The van der Waals surface area contributed by atoms with Gasteiger partial charge in [0.25, 0.3) is 0 Å². The number of carbonyl (C=O) groups excluding carboxylic acids is 1. The summed E-state index contributed by atoms with van der Waals surface area (Å²) >= 11 is 0. The van der Waals surface area contributed by atoms with Crippen LogP contribution in [0, 0.1) is 0 Å². The molecule has 3 rings (SSSR count). The predicted molar refractivity (Wildman–Crippen MR) is 66.2 cm³/mol. The smallest absolute Gasteiger partial charge is 0.162 e. The van der Waals surface area contributed by atoms with Crippen LogP contribution in [0.3, 0.4) is 0 Å². The predicted octanol–water partition coefficient (Wildman–Crippen LogP) is 2.42. The maximum absolute atomic E-state index is 11.3. The zero-order chi connectivity index (χ0) is 12.4. The minimum absolute atomic E-state index is 0.0821. The number of aromatic nitrogens is 2. The number of hydrogen-bond donors (Lipinski definition) is 0. The Kier molecular flexibility index (Phi) is 2.68. The van der Waals surface area contributed by atoms with Crippen molar-refractivity contribution in [2.45, 2.75) is 12.5 Å². The highest BCUT2D eigenvalue weighted by molar-refractivity contribution is 5.90. The number of para-hydroxylation sites is 1. The van der Waals surface area contributed by atoms with Gasteiger partial charge in [-0.25, -0.2) is 4.68 Å². The Morgan fingerprint density at radius 1 is 1.28 bits per heavy atom. The van der Waals surface area contributed by atoms with Gasteiger partial charge in [0.2, 0.25) is 0 Å². The summed E-state index contributed by atoms with van der Waals surface area (Å²) in [6.45, 7) is 0. The molecule has 0 spiro atoms. The maximum Gasteiger partial charge on any atom is 0.162 e. The fourth-order valence-electron chi connectivity index (χ4n) is 1.93. The summed E-state index contributed by atoms with van der Waals surface area (Å²) < 4.78 is 7.21. The molecule has 1 aromatic carbocycles. The second-order valence-electron chi connectivity index (χ2n) is 4.15. The van der Waals surface area contributed by atoms with E-state index in [4.69, 9.17) is 4.74 Å². The molecular formula is C14H12N2O2. The first-order valence-electron chi connectivity index (χ1n) is 5.78. The zero-order valence-electron chi connectivity index (χ0n) is 9.69. The summed E-state index contributed by atoms with van der Waals surface area (Å²) in [7, 11) is 0. The second-order valence-corrected chi connectivity index (χ2v) is 4.15. The van der Waals surface area contributed by atoms with Crippen molar-refractivity contribution in [3.05, 3.63) is 60.6 Å². The number of carbonyl (C=O) groups is 1. The fourth-order valence-corrected chi connectivity index (χ4v) is 1.93. The molecule has 0 N–H and O–H groups in total. The van der Waals surface area contributed by atoms with Gasteiger partial charge in [-0.2, -0.15) is 5.10 Å². The largest absolute Gasteiger partial charge is 0.493 e. The SMILES string of the molecule is O=C1C=COC(c2cnn(-c3ccccc3)c2)C1. The highest BCUT2D eigenvalue weighted by atomic mass is 16.5. The van der Waals surface area contributed by atoms with Gasteiger partial charge in [-0.3, -0.25) is 4.79 Å². The summed E-state index contributed by atoms with van der Waals surface area (Å²) in [5.41, 5.74) is 1.90. The van der Waals surface area contributed by atoms with Crippen LogP contribution in [0.5, 0.6) is 0 Å². The van der Waals surface area contributed by atoms with E-state index in [-0.39, 0.29) is 11.9 Å². The van der Waals surface area contributed by atoms with Crippen LogP contribution in [-0.2, 0) is 9.53 Å². The van der Waals surface area contributed by atoms with Crippen molar-refractivity contribution in [3.63, 3.8) is 0 Å². The van der Waals surface area contributed by atoms with E-state index < -0.39 is 0 Å². The first kappa shape index (κ1) is 10.8. The summed E-state index contributed by atoms with van der Waals surface area (Å²) in [6.07, 6.45) is 6.70. The van der Waals surface area contributed by atoms with E-state index in [2.05, 4.69) is 5.10 Å². The average molecular weight is 240 g/mol. The molecule has 1 aliphatic heterocycles. The maximum atomic E-state index is 11.3. The van der Waals surface area contributed by atoms with Crippen LogP contribution >= 0.6 is 0 Å². The molecule has 1 aromatic heterocycles. The van der Waals surface area contributed by atoms with Crippen molar-refractivity contribution in [2.24, 2.45) is 0 Å². The first-order chi connectivity index (χ1) is 8.83. The van der Waals surface area contributed by atoms with Crippen molar-refractivity contribution in [2.75, 3.05) is 0 Å². The Morgan fingerprint density at radius 2 is 2.11 bits per heavy atom. The van der Waals surface area contributed by atoms with Gasteiger partial charge >= 0.3 is 0 Å². The van der Waals surface area contributed by atoms with Gasteiger partial charge in [-0.05, 0) is 12.1 Å². The van der Waals surface area contributed by atoms with Gasteiger partial charge in [0.1, 0.15) is 6.10 Å². The van der Waals surface area contributed by atoms with Crippen molar-refractivity contribution < 1.29 is 9.53 Å². The summed E-state index contributed by atoms with van der Waals surface area (Å²) in [4.78, 5) is 11.3. The molecule has 1 atom stereocenters. The third kappa shape index (κ3) is 2.05. The van der Waals surface area contributed by atoms with Crippen LogP contribution in [-0.4, -0.2) is 15.6 Å². The van der Waals surface area contributed by atoms with E-state index in [0.717, 1.165) is 11.3 Å².